The molecule has 8 nitrogen and oxygen atoms in total. The molecular formula is C22H28N2O6S. The van der Waals surface area contributed by atoms with Crippen molar-refractivity contribution in [2.45, 2.75) is 17.7 Å². The predicted octanol–water partition coefficient (Wildman–Crippen LogP) is 2.30. The fourth-order valence-corrected chi connectivity index (χ4v) is 5.01. The number of para-hydroxylation sites is 2. The highest BCUT2D eigenvalue weighted by Crippen LogP contribution is 2.26. The van der Waals surface area contributed by atoms with Gasteiger partial charge in [0.1, 0.15) is 12.4 Å². The second-order valence-corrected chi connectivity index (χ2v) is 9.11. The van der Waals surface area contributed by atoms with Crippen LogP contribution in [0.25, 0.3) is 0 Å². The topological polar surface area (TPSA) is 94.2 Å². The number of amides is 1. The summed E-state index contributed by atoms with van der Waals surface area (Å²) in [5, 5.41) is 2.84. The Morgan fingerprint density at radius 2 is 1.77 bits per heavy atom. The number of rotatable bonds is 9. The van der Waals surface area contributed by atoms with E-state index >= 15 is 0 Å². The van der Waals surface area contributed by atoms with Crippen molar-refractivity contribution in [2.75, 3.05) is 40.5 Å². The Hall–Kier alpha value is -2.78. The molecule has 1 aliphatic heterocycles. The lowest BCUT2D eigenvalue weighted by molar-refractivity contribution is -0.126. The van der Waals surface area contributed by atoms with Crippen LogP contribution in [0.5, 0.6) is 17.2 Å². The Labute approximate surface area is 183 Å². The van der Waals surface area contributed by atoms with Gasteiger partial charge in [-0.25, -0.2) is 8.42 Å². The largest absolute Gasteiger partial charge is 0.497 e. The number of hydrogen-bond acceptors (Lipinski definition) is 6. The van der Waals surface area contributed by atoms with Gasteiger partial charge in [0, 0.05) is 13.1 Å². The van der Waals surface area contributed by atoms with Gasteiger partial charge in [0.05, 0.1) is 31.6 Å². The van der Waals surface area contributed by atoms with Crippen LogP contribution in [-0.2, 0) is 14.8 Å². The van der Waals surface area contributed by atoms with Crippen molar-refractivity contribution in [3.05, 3.63) is 48.5 Å². The molecule has 0 aliphatic carbocycles. The Kier molecular flexibility index (Phi) is 7.75. The van der Waals surface area contributed by atoms with E-state index in [0.29, 0.717) is 43.2 Å². The van der Waals surface area contributed by atoms with Gasteiger partial charge in [0.25, 0.3) is 0 Å². The van der Waals surface area contributed by atoms with Crippen molar-refractivity contribution >= 4 is 15.9 Å². The first-order chi connectivity index (χ1) is 15.0. The van der Waals surface area contributed by atoms with Gasteiger partial charge in [-0.2, -0.15) is 4.31 Å². The number of hydrogen-bond donors (Lipinski definition) is 1. The highest BCUT2D eigenvalue weighted by Gasteiger charge is 2.33. The highest BCUT2D eigenvalue weighted by atomic mass is 32.2. The lowest BCUT2D eigenvalue weighted by Gasteiger charge is -2.31. The minimum Gasteiger partial charge on any atom is -0.497 e. The molecule has 2 aromatic carbocycles. The molecule has 1 atom stereocenters. The van der Waals surface area contributed by atoms with E-state index in [0.717, 1.165) is 0 Å². The second kappa shape index (κ2) is 10.5. The van der Waals surface area contributed by atoms with Crippen LogP contribution in [0.2, 0.25) is 0 Å². The van der Waals surface area contributed by atoms with Crippen LogP contribution in [-0.4, -0.2) is 59.1 Å². The van der Waals surface area contributed by atoms with E-state index in [2.05, 4.69) is 5.32 Å². The Balaban J connectivity index is 1.52. The number of carbonyl (C=O) groups excluding carboxylic acids is 1. The Morgan fingerprint density at radius 1 is 1.06 bits per heavy atom. The molecule has 0 radical (unpaired) electrons. The number of ether oxygens (including phenoxy) is 3. The van der Waals surface area contributed by atoms with Crippen molar-refractivity contribution in [3.63, 3.8) is 0 Å². The number of nitrogens with zero attached hydrogens (tertiary/aromatic N) is 1. The van der Waals surface area contributed by atoms with Gasteiger partial charge in [0.2, 0.25) is 15.9 Å². The van der Waals surface area contributed by atoms with Crippen LogP contribution in [0.4, 0.5) is 0 Å². The molecule has 168 valence electrons. The van der Waals surface area contributed by atoms with E-state index in [9.17, 15) is 13.2 Å². The maximum absolute atomic E-state index is 13.0. The summed E-state index contributed by atoms with van der Waals surface area (Å²) >= 11 is 0. The maximum atomic E-state index is 13.0. The normalized spacial score (nSPS) is 17.0. The first-order valence-corrected chi connectivity index (χ1v) is 11.6. The van der Waals surface area contributed by atoms with Crippen LogP contribution in [0, 0.1) is 5.92 Å². The molecule has 1 fully saturated rings. The SMILES string of the molecule is COc1ccc(S(=O)(=O)N2CCCC(C(=O)NCCOc3ccccc3OC)C2)cc1. The van der Waals surface area contributed by atoms with Crippen molar-refractivity contribution in [2.24, 2.45) is 5.92 Å². The molecule has 1 heterocycles. The molecule has 0 saturated carbocycles. The summed E-state index contributed by atoms with van der Waals surface area (Å²) in [4.78, 5) is 12.8. The standard InChI is InChI=1S/C22H28N2O6S/c1-28-18-9-11-19(12-10-18)31(26,27)24-14-5-6-17(16-24)22(25)23-13-15-30-21-8-4-3-7-20(21)29-2/h3-4,7-12,17H,5-6,13-16H2,1-2H3,(H,23,25). The Bertz CT molecular complexity index is 978. The van der Waals surface area contributed by atoms with Crippen LogP contribution >= 0.6 is 0 Å². The molecule has 9 heteroatoms. The summed E-state index contributed by atoms with van der Waals surface area (Å²) in [5.74, 6) is 1.26. The highest BCUT2D eigenvalue weighted by molar-refractivity contribution is 7.89. The summed E-state index contributed by atoms with van der Waals surface area (Å²) in [6, 6.07) is 13.6. The number of methoxy groups -OCH3 is 2. The van der Waals surface area contributed by atoms with Crippen molar-refractivity contribution in [1.82, 2.24) is 9.62 Å². The maximum Gasteiger partial charge on any atom is 0.243 e. The Morgan fingerprint density at radius 3 is 2.45 bits per heavy atom. The molecule has 3 rings (SSSR count). The van der Waals surface area contributed by atoms with Crippen LogP contribution in [0.3, 0.4) is 0 Å². The fourth-order valence-electron chi connectivity index (χ4n) is 3.49. The first kappa shape index (κ1) is 22.9. The molecule has 31 heavy (non-hydrogen) atoms. The van der Waals surface area contributed by atoms with Gasteiger partial charge in [-0.05, 0) is 49.2 Å². The molecule has 1 saturated heterocycles. The summed E-state index contributed by atoms with van der Waals surface area (Å²) in [7, 11) is -0.568. The molecule has 0 spiro atoms. The van der Waals surface area contributed by atoms with Gasteiger partial charge in [-0.15, -0.1) is 0 Å². The summed E-state index contributed by atoms with van der Waals surface area (Å²) in [5.41, 5.74) is 0. The second-order valence-electron chi connectivity index (χ2n) is 7.17. The molecule has 0 aromatic heterocycles. The van der Waals surface area contributed by atoms with E-state index in [4.69, 9.17) is 14.2 Å². The quantitative estimate of drug-likeness (QED) is 0.592. The predicted molar refractivity (Wildman–Crippen MR) is 116 cm³/mol. The molecule has 1 N–H and O–H groups in total. The minimum absolute atomic E-state index is 0.160. The molecule has 2 aromatic rings. The van der Waals surface area contributed by atoms with E-state index in [1.165, 1.54) is 23.5 Å². The van der Waals surface area contributed by atoms with E-state index in [1.54, 1.807) is 31.4 Å². The number of sulfonamides is 1. The zero-order chi connectivity index (χ0) is 22.3. The number of carbonyl (C=O) groups is 1. The van der Waals surface area contributed by atoms with E-state index < -0.39 is 15.9 Å². The van der Waals surface area contributed by atoms with Crippen molar-refractivity contribution in [1.29, 1.82) is 0 Å². The monoisotopic (exact) mass is 448 g/mol. The lowest BCUT2D eigenvalue weighted by atomic mass is 9.99. The zero-order valence-electron chi connectivity index (χ0n) is 17.7. The fraction of sp³-hybridized carbons (Fsp3) is 0.409. The summed E-state index contributed by atoms with van der Waals surface area (Å²) < 4.78 is 43.3. The molecule has 1 unspecified atom stereocenters. The smallest absolute Gasteiger partial charge is 0.243 e. The van der Waals surface area contributed by atoms with Gasteiger partial charge in [-0.1, -0.05) is 12.1 Å². The summed E-state index contributed by atoms with van der Waals surface area (Å²) in [6.45, 7) is 1.16. The van der Waals surface area contributed by atoms with Crippen molar-refractivity contribution in [3.8, 4) is 17.2 Å². The van der Waals surface area contributed by atoms with E-state index in [-0.39, 0.29) is 24.0 Å². The molecule has 1 aliphatic rings. The van der Waals surface area contributed by atoms with Crippen molar-refractivity contribution < 1.29 is 27.4 Å². The van der Waals surface area contributed by atoms with E-state index in [1.807, 2.05) is 12.1 Å². The third-order valence-corrected chi connectivity index (χ3v) is 7.06. The van der Waals surface area contributed by atoms with Crippen LogP contribution in [0.15, 0.2) is 53.4 Å². The number of benzene rings is 2. The van der Waals surface area contributed by atoms with Gasteiger partial charge >= 0.3 is 0 Å². The van der Waals surface area contributed by atoms with Gasteiger partial charge in [-0.3, -0.25) is 4.79 Å². The van der Waals surface area contributed by atoms with Gasteiger partial charge < -0.3 is 19.5 Å². The molecule has 1 amide bonds. The number of nitrogens with one attached hydrogen (secondary N) is 1. The first-order valence-electron chi connectivity index (χ1n) is 10.1. The van der Waals surface area contributed by atoms with Crippen LogP contribution < -0.4 is 19.5 Å². The third kappa shape index (κ3) is 5.68. The van der Waals surface area contributed by atoms with Crippen LogP contribution in [0.1, 0.15) is 12.8 Å². The van der Waals surface area contributed by atoms with Gasteiger partial charge in [0.15, 0.2) is 11.5 Å². The zero-order valence-corrected chi connectivity index (χ0v) is 18.6. The molecular weight excluding hydrogens is 420 g/mol. The minimum atomic E-state index is -3.66. The average molecular weight is 449 g/mol. The summed E-state index contributed by atoms with van der Waals surface area (Å²) in [6.07, 6.45) is 1.28. The average Bonchev–Trinajstić information content (AvgIpc) is 2.82. The third-order valence-electron chi connectivity index (χ3n) is 5.18. The molecule has 0 bridgehead atoms. The lowest BCUT2D eigenvalue weighted by Crippen LogP contribution is -2.45. The number of piperidine rings is 1.